The minimum atomic E-state index is -0.550. The lowest BCUT2D eigenvalue weighted by Crippen LogP contribution is -2.38. The molecular formula is C20H32F2IN3O2. The summed E-state index contributed by atoms with van der Waals surface area (Å²) in [6, 6.07) is 3.59. The Kier molecular flexibility index (Phi) is 13.3. The Hall–Kier alpha value is -1.00. The molecular weight excluding hydrogens is 479 g/mol. The van der Waals surface area contributed by atoms with Gasteiger partial charge in [-0.3, -0.25) is 4.99 Å². The van der Waals surface area contributed by atoms with Gasteiger partial charge in [0.05, 0.1) is 0 Å². The van der Waals surface area contributed by atoms with E-state index in [1.54, 1.807) is 0 Å². The van der Waals surface area contributed by atoms with Gasteiger partial charge in [0.1, 0.15) is 11.6 Å². The van der Waals surface area contributed by atoms with Gasteiger partial charge in [-0.2, -0.15) is 0 Å². The second-order valence-electron chi connectivity index (χ2n) is 6.70. The number of benzene rings is 1. The van der Waals surface area contributed by atoms with E-state index in [0.717, 1.165) is 51.7 Å². The Bertz CT molecular complexity index is 564. The molecule has 0 amide bonds. The Labute approximate surface area is 183 Å². The van der Waals surface area contributed by atoms with Crippen molar-refractivity contribution in [2.75, 3.05) is 46.1 Å². The molecule has 2 rings (SSSR count). The van der Waals surface area contributed by atoms with Gasteiger partial charge in [-0.1, -0.05) is 0 Å². The molecule has 0 aromatic heterocycles. The maximum atomic E-state index is 13.2. The molecule has 0 aliphatic carbocycles. The van der Waals surface area contributed by atoms with Crippen LogP contribution in [0.2, 0.25) is 0 Å². The first kappa shape index (κ1) is 25.0. The third-order valence-corrected chi connectivity index (χ3v) is 4.38. The lowest BCUT2D eigenvalue weighted by atomic mass is 10.0. The molecule has 5 nitrogen and oxygen atoms in total. The number of rotatable bonds is 10. The smallest absolute Gasteiger partial charge is 0.191 e. The van der Waals surface area contributed by atoms with E-state index in [4.69, 9.17) is 9.47 Å². The van der Waals surface area contributed by atoms with Crippen molar-refractivity contribution in [2.24, 2.45) is 10.9 Å². The topological polar surface area (TPSA) is 54.9 Å². The molecule has 1 aromatic rings. The summed E-state index contributed by atoms with van der Waals surface area (Å²) in [5.74, 6) is 0.227. The number of halogens is 3. The molecule has 8 heteroatoms. The molecule has 28 heavy (non-hydrogen) atoms. The molecule has 0 bridgehead atoms. The summed E-state index contributed by atoms with van der Waals surface area (Å²) >= 11 is 0. The highest BCUT2D eigenvalue weighted by Gasteiger charge is 2.13. The molecule has 0 spiro atoms. The number of hydrogen-bond donors (Lipinski definition) is 2. The zero-order valence-electron chi connectivity index (χ0n) is 16.5. The first-order valence-electron chi connectivity index (χ1n) is 9.80. The molecule has 1 aliphatic rings. The Morgan fingerprint density at radius 3 is 2.57 bits per heavy atom. The van der Waals surface area contributed by atoms with E-state index in [9.17, 15) is 8.78 Å². The van der Waals surface area contributed by atoms with Crippen LogP contribution < -0.4 is 10.6 Å². The van der Waals surface area contributed by atoms with Gasteiger partial charge in [-0.25, -0.2) is 8.78 Å². The lowest BCUT2D eigenvalue weighted by Gasteiger charge is -2.21. The van der Waals surface area contributed by atoms with E-state index in [2.05, 4.69) is 15.6 Å². The third kappa shape index (κ3) is 10.5. The van der Waals surface area contributed by atoms with Crippen molar-refractivity contribution in [1.82, 2.24) is 10.6 Å². The number of nitrogens with one attached hydrogen (secondary N) is 2. The van der Waals surface area contributed by atoms with Crippen molar-refractivity contribution in [1.29, 1.82) is 0 Å². The van der Waals surface area contributed by atoms with Crippen LogP contribution in [0, 0.1) is 17.6 Å². The summed E-state index contributed by atoms with van der Waals surface area (Å²) in [5.41, 5.74) is 0.623. The number of nitrogens with zero attached hydrogens (tertiary/aromatic N) is 1. The van der Waals surface area contributed by atoms with Gasteiger partial charge >= 0.3 is 0 Å². The van der Waals surface area contributed by atoms with E-state index in [1.165, 1.54) is 12.1 Å². The van der Waals surface area contributed by atoms with Gasteiger partial charge < -0.3 is 20.1 Å². The second kappa shape index (κ2) is 14.9. The molecule has 1 saturated heterocycles. The highest BCUT2D eigenvalue weighted by Crippen LogP contribution is 2.14. The van der Waals surface area contributed by atoms with Gasteiger partial charge in [0.2, 0.25) is 0 Å². The van der Waals surface area contributed by atoms with Gasteiger partial charge in [0.25, 0.3) is 0 Å². The molecule has 2 N–H and O–H groups in total. The van der Waals surface area contributed by atoms with Gasteiger partial charge in [0.15, 0.2) is 5.96 Å². The molecule has 0 saturated carbocycles. The Morgan fingerprint density at radius 1 is 1.18 bits per heavy atom. The molecule has 1 aliphatic heterocycles. The monoisotopic (exact) mass is 511 g/mol. The van der Waals surface area contributed by atoms with Gasteiger partial charge in [-0.05, 0) is 56.2 Å². The van der Waals surface area contributed by atoms with Crippen molar-refractivity contribution in [3.05, 3.63) is 35.4 Å². The summed E-state index contributed by atoms with van der Waals surface area (Å²) in [5, 5.41) is 6.36. The number of hydrogen-bond acceptors (Lipinski definition) is 3. The largest absolute Gasteiger partial charge is 0.381 e. The van der Waals surface area contributed by atoms with Crippen LogP contribution in [-0.2, 0) is 15.9 Å². The van der Waals surface area contributed by atoms with Crippen LogP contribution in [0.3, 0.4) is 0 Å². The van der Waals surface area contributed by atoms with Crippen molar-refractivity contribution in [3.8, 4) is 0 Å². The summed E-state index contributed by atoms with van der Waals surface area (Å²) in [6.45, 7) is 7.15. The van der Waals surface area contributed by atoms with Crippen molar-refractivity contribution < 1.29 is 18.3 Å². The van der Waals surface area contributed by atoms with Crippen LogP contribution in [0.5, 0.6) is 0 Å². The highest BCUT2D eigenvalue weighted by atomic mass is 127. The fourth-order valence-corrected chi connectivity index (χ4v) is 2.94. The predicted molar refractivity (Wildman–Crippen MR) is 118 cm³/mol. The maximum Gasteiger partial charge on any atom is 0.191 e. The number of aliphatic imine (C=N–C) groups is 1. The molecule has 1 aromatic carbocycles. The average molecular weight is 511 g/mol. The number of guanidine groups is 1. The van der Waals surface area contributed by atoms with Crippen LogP contribution >= 0.6 is 24.0 Å². The van der Waals surface area contributed by atoms with Gasteiger partial charge in [0, 0.05) is 52.1 Å². The lowest BCUT2D eigenvalue weighted by molar-refractivity contribution is 0.0205. The summed E-state index contributed by atoms with van der Waals surface area (Å²) in [4.78, 5) is 4.51. The standard InChI is InChI=1S/C20H31F2N3O2.HI/c1-2-23-20(25-8-4-17-12-18(21)14-19(22)13-17)24-7-3-9-27-15-16-5-10-26-11-6-16;/h12-14,16H,2-11,15H2,1H3,(H2,23,24,25);1H. The van der Waals surface area contributed by atoms with Gasteiger partial charge in [-0.15, -0.1) is 24.0 Å². The summed E-state index contributed by atoms with van der Waals surface area (Å²) in [6.07, 6.45) is 3.55. The van der Waals surface area contributed by atoms with Crippen LogP contribution in [0.25, 0.3) is 0 Å². The maximum absolute atomic E-state index is 13.2. The van der Waals surface area contributed by atoms with Crippen molar-refractivity contribution in [3.63, 3.8) is 0 Å². The fraction of sp³-hybridized carbons (Fsp3) is 0.650. The molecule has 1 fully saturated rings. The van der Waals surface area contributed by atoms with E-state index in [-0.39, 0.29) is 24.0 Å². The predicted octanol–water partition coefficient (Wildman–Crippen LogP) is 3.51. The quantitative estimate of drug-likeness (QED) is 0.219. The number of ether oxygens (including phenoxy) is 2. The minimum absolute atomic E-state index is 0. The SMILES string of the molecule is CCNC(=NCCCOCC1CCOCC1)NCCc1cc(F)cc(F)c1.I. The molecule has 0 radical (unpaired) electrons. The normalized spacial score (nSPS) is 15.2. The Morgan fingerprint density at radius 2 is 1.89 bits per heavy atom. The molecule has 160 valence electrons. The molecule has 0 atom stereocenters. The molecule has 1 heterocycles. The first-order valence-corrected chi connectivity index (χ1v) is 9.80. The van der Waals surface area contributed by atoms with E-state index < -0.39 is 11.6 Å². The summed E-state index contributed by atoms with van der Waals surface area (Å²) in [7, 11) is 0. The fourth-order valence-electron chi connectivity index (χ4n) is 2.94. The van der Waals surface area contributed by atoms with Crippen LogP contribution in [0.4, 0.5) is 8.78 Å². The van der Waals surface area contributed by atoms with E-state index in [1.807, 2.05) is 6.92 Å². The van der Waals surface area contributed by atoms with E-state index >= 15 is 0 Å². The first-order chi connectivity index (χ1) is 13.2. The van der Waals surface area contributed by atoms with Crippen LogP contribution in [0.1, 0.15) is 31.7 Å². The highest BCUT2D eigenvalue weighted by molar-refractivity contribution is 14.0. The van der Waals surface area contributed by atoms with Crippen molar-refractivity contribution in [2.45, 2.75) is 32.6 Å². The second-order valence-corrected chi connectivity index (χ2v) is 6.70. The van der Waals surface area contributed by atoms with Crippen LogP contribution in [0.15, 0.2) is 23.2 Å². The average Bonchev–Trinajstić information content (AvgIpc) is 2.64. The zero-order valence-corrected chi connectivity index (χ0v) is 18.8. The van der Waals surface area contributed by atoms with E-state index in [0.29, 0.717) is 43.6 Å². The van der Waals surface area contributed by atoms with Crippen LogP contribution in [-0.4, -0.2) is 52.0 Å². The third-order valence-electron chi connectivity index (χ3n) is 4.38. The summed E-state index contributed by atoms with van der Waals surface area (Å²) < 4.78 is 37.5. The molecule has 0 unspecified atom stereocenters. The van der Waals surface area contributed by atoms with Crippen molar-refractivity contribution >= 4 is 29.9 Å². The minimum Gasteiger partial charge on any atom is -0.381 e. The zero-order chi connectivity index (χ0) is 19.3. The Balaban J connectivity index is 0.00000392.